The summed E-state index contributed by atoms with van der Waals surface area (Å²) in [4.78, 5) is 10.9. The number of aryl methyl sites for hydroxylation is 1. The van der Waals surface area contributed by atoms with Crippen molar-refractivity contribution in [3.63, 3.8) is 0 Å². The minimum absolute atomic E-state index is 0.132. The maximum atomic E-state index is 5.40. The van der Waals surface area contributed by atoms with E-state index in [-0.39, 0.29) is 10.6 Å². The summed E-state index contributed by atoms with van der Waals surface area (Å²) < 4.78 is 0. The fourth-order valence-corrected chi connectivity index (χ4v) is 0.866. The summed E-state index contributed by atoms with van der Waals surface area (Å²) in [5.74, 6) is 0.528. The number of aromatic nitrogens is 3. The molecule has 11 heavy (non-hydrogen) atoms. The predicted octanol–water partition coefficient (Wildman–Crippen LogP) is 2.51. The molecule has 0 atom stereocenters. The highest BCUT2D eigenvalue weighted by atomic mass is 35.5. The summed E-state index contributed by atoms with van der Waals surface area (Å²) in [6.45, 7) is 5.69. The fraction of sp³-hybridized carbons (Fsp3) is 0.500. The Morgan fingerprint density at radius 2 is 1.27 bits per heavy atom. The summed E-state index contributed by atoms with van der Waals surface area (Å²) in [6.07, 6.45) is 0. The molecule has 0 radical (unpaired) electrons. The summed E-state index contributed by atoms with van der Waals surface area (Å²) in [6, 6.07) is 0. The smallest absolute Gasteiger partial charge is 0.203 e. The highest BCUT2D eigenvalue weighted by Gasteiger charge is 1.95. The van der Waals surface area contributed by atoms with Gasteiger partial charge in [-0.15, -0.1) is 0 Å². The van der Waals surface area contributed by atoms with Crippen LogP contribution in [0.4, 0.5) is 0 Å². The molecule has 62 valence electrons. The topological polar surface area (TPSA) is 38.7 Å². The molecule has 0 aliphatic carbocycles. The Hall–Kier alpha value is -0.410. The zero-order valence-electron chi connectivity index (χ0n) is 6.60. The molecule has 1 aromatic rings. The van der Waals surface area contributed by atoms with Gasteiger partial charge < -0.3 is 0 Å². The molecule has 0 bridgehead atoms. The van der Waals surface area contributed by atoms with E-state index in [9.17, 15) is 0 Å². The maximum absolute atomic E-state index is 5.40. The number of halogens is 2. The second-order valence-corrected chi connectivity index (χ2v) is 2.10. The molecule has 0 saturated carbocycles. The van der Waals surface area contributed by atoms with E-state index in [0.717, 1.165) is 0 Å². The van der Waals surface area contributed by atoms with Gasteiger partial charge >= 0.3 is 0 Å². The number of hydrogen-bond donors (Lipinski definition) is 0. The maximum Gasteiger partial charge on any atom is 0.226 e. The Balaban J connectivity index is 0.000000461. The van der Waals surface area contributed by atoms with Crippen molar-refractivity contribution in [2.24, 2.45) is 0 Å². The third kappa shape index (κ3) is 4.11. The first-order chi connectivity index (χ1) is 5.18. The molecule has 0 N–H and O–H groups in total. The van der Waals surface area contributed by atoms with E-state index in [1.807, 2.05) is 13.8 Å². The third-order valence-corrected chi connectivity index (χ3v) is 1.03. The summed E-state index contributed by atoms with van der Waals surface area (Å²) in [5, 5.41) is 0.264. The van der Waals surface area contributed by atoms with E-state index in [0.29, 0.717) is 5.82 Å². The first-order valence-corrected chi connectivity index (χ1v) is 3.98. The van der Waals surface area contributed by atoms with Gasteiger partial charge in [-0.05, 0) is 30.1 Å². The number of rotatable bonds is 0. The molecule has 0 aromatic carbocycles. The van der Waals surface area contributed by atoms with E-state index >= 15 is 0 Å². The third-order valence-electron chi connectivity index (χ3n) is 0.693. The van der Waals surface area contributed by atoms with E-state index < -0.39 is 0 Å². The predicted molar refractivity (Wildman–Crippen MR) is 45.9 cm³/mol. The molecule has 0 saturated heterocycles. The van der Waals surface area contributed by atoms with Crippen LogP contribution in [0.15, 0.2) is 0 Å². The van der Waals surface area contributed by atoms with Gasteiger partial charge in [-0.1, -0.05) is 13.8 Å². The van der Waals surface area contributed by atoms with Crippen molar-refractivity contribution in [2.75, 3.05) is 0 Å². The zero-order valence-corrected chi connectivity index (χ0v) is 8.11. The van der Waals surface area contributed by atoms with Gasteiger partial charge in [0.15, 0.2) is 0 Å². The molecule has 0 aliphatic rings. The second-order valence-electron chi connectivity index (χ2n) is 1.42. The Morgan fingerprint density at radius 3 is 1.55 bits per heavy atom. The highest BCUT2D eigenvalue weighted by Crippen LogP contribution is 2.04. The van der Waals surface area contributed by atoms with Crippen LogP contribution in [0, 0.1) is 6.92 Å². The number of hydrogen-bond acceptors (Lipinski definition) is 3. The summed E-state index contributed by atoms with van der Waals surface area (Å²) in [7, 11) is 0. The monoisotopic (exact) mass is 193 g/mol. The van der Waals surface area contributed by atoms with Gasteiger partial charge in [0.05, 0.1) is 0 Å². The van der Waals surface area contributed by atoms with Gasteiger partial charge in [-0.2, -0.15) is 4.98 Å². The quantitative estimate of drug-likeness (QED) is 0.636. The summed E-state index contributed by atoms with van der Waals surface area (Å²) >= 11 is 10.8. The van der Waals surface area contributed by atoms with E-state index in [1.165, 1.54) is 0 Å². The minimum atomic E-state index is 0.132. The normalized spacial score (nSPS) is 8.45. The van der Waals surface area contributed by atoms with Crippen molar-refractivity contribution in [3.05, 3.63) is 16.4 Å². The molecule has 0 fully saturated rings. The molecule has 5 heteroatoms. The van der Waals surface area contributed by atoms with Crippen LogP contribution in [0.3, 0.4) is 0 Å². The molecule has 0 spiro atoms. The standard InChI is InChI=1S/C4H3Cl2N3.C2H6/c1-2-7-3(5)9-4(6)8-2;1-2/h1H3;1-2H3. The van der Waals surface area contributed by atoms with Gasteiger partial charge in [-0.25, -0.2) is 9.97 Å². The van der Waals surface area contributed by atoms with Crippen LogP contribution in [0.5, 0.6) is 0 Å². The SMILES string of the molecule is CC.Cc1nc(Cl)nc(Cl)n1. The van der Waals surface area contributed by atoms with Crippen molar-refractivity contribution in [2.45, 2.75) is 20.8 Å². The van der Waals surface area contributed by atoms with Gasteiger partial charge in [0.1, 0.15) is 5.82 Å². The Kier molecular flexibility index (Phi) is 5.07. The molecule has 0 unspecified atom stereocenters. The molecule has 3 nitrogen and oxygen atoms in total. The van der Waals surface area contributed by atoms with Crippen LogP contribution in [0.2, 0.25) is 10.6 Å². The second kappa shape index (κ2) is 5.27. The minimum Gasteiger partial charge on any atom is -0.203 e. The van der Waals surface area contributed by atoms with E-state index in [2.05, 4.69) is 15.0 Å². The molecule has 1 rings (SSSR count). The van der Waals surface area contributed by atoms with Crippen LogP contribution < -0.4 is 0 Å². The van der Waals surface area contributed by atoms with E-state index in [4.69, 9.17) is 23.2 Å². The zero-order chi connectivity index (χ0) is 8.85. The van der Waals surface area contributed by atoms with Crippen LogP contribution in [-0.2, 0) is 0 Å². The molecule has 1 aromatic heterocycles. The fourth-order valence-electron chi connectivity index (χ4n) is 0.418. The van der Waals surface area contributed by atoms with Crippen LogP contribution >= 0.6 is 23.2 Å². The van der Waals surface area contributed by atoms with Crippen molar-refractivity contribution >= 4 is 23.2 Å². The molecule has 0 aliphatic heterocycles. The van der Waals surface area contributed by atoms with Gasteiger partial charge in [0, 0.05) is 0 Å². The average molecular weight is 194 g/mol. The Bertz CT molecular complexity index is 177. The summed E-state index contributed by atoms with van der Waals surface area (Å²) in [5.41, 5.74) is 0. The lowest BCUT2D eigenvalue weighted by molar-refractivity contribution is 0.975. The largest absolute Gasteiger partial charge is 0.226 e. The van der Waals surface area contributed by atoms with Crippen molar-refractivity contribution < 1.29 is 0 Å². The lowest BCUT2D eigenvalue weighted by atomic mass is 10.7. The van der Waals surface area contributed by atoms with Crippen molar-refractivity contribution in [1.82, 2.24) is 15.0 Å². The van der Waals surface area contributed by atoms with Crippen molar-refractivity contribution in [3.8, 4) is 0 Å². The highest BCUT2D eigenvalue weighted by molar-refractivity contribution is 6.30. The van der Waals surface area contributed by atoms with Crippen molar-refractivity contribution in [1.29, 1.82) is 0 Å². The van der Waals surface area contributed by atoms with Gasteiger partial charge in [0.25, 0.3) is 0 Å². The first kappa shape index (κ1) is 10.6. The Labute approximate surface area is 75.8 Å². The molecular formula is C6H9Cl2N3. The molecule has 0 amide bonds. The van der Waals surface area contributed by atoms with E-state index in [1.54, 1.807) is 6.92 Å². The lowest BCUT2D eigenvalue weighted by Gasteiger charge is -1.90. The Morgan fingerprint density at radius 1 is 0.909 bits per heavy atom. The van der Waals surface area contributed by atoms with Crippen LogP contribution in [0.1, 0.15) is 19.7 Å². The lowest BCUT2D eigenvalue weighted by Crippen LogP contribution is -1.91. The molecular weight excluding hydrogens is 185 g/mol. The number of nitrogens with zero attached hydrogens (tertiary/aromatic N) is 3. The van der Waals surface area contributed by atoms with Gasteiger partial charge in [0.2, 0.25) is 10.6 Å². The first-order valence-electron chi connectivity index (χ1n) is 3.22. The van der Waals surface area contributed by atoms with Gasteiger partial charge in [-0.3, -0.25) is 0 Å². The van der Waals surface area contributed by atoms with Crippen LogP contribution in [-0.4, -0.2) is 15.0 Å². The average Bonchev–Trinajstić information content (AvgIpc) is 1.88. The van der Waals surface area contributed by atoms with Crippen LogP contribution in [0.25, 0.3) is 0 Å². The molecule has 1 heterocycles.